The van der Waals surface area contributed by atoms with Gasteiger partial charge in [-0.2, -0.15) is 0 Å². The van der Waals surface area contributed by atoms with Crippen molar-refractivity contribution in [3.63, 3.8) is 0 Å². The van der Waals surface area contributed by atoms with Crippen molar-refractivity contribution in [2.45, 2.75) is 6.42 Å². The van der Waals surface area contributed by atoms with Crippen LogP contribution < -0.4 is 10.1 Å². The monoisotopic (exact) mass is 304 g/mol. The lowest BCUT2D eigenvalue weighted by Gasteiger charge is -2.19. The van der Waals surface area contributed by atoms with E-state index in [-0.39, 0.29) is 24.9 Å². The summed E-state index contributed by atoms with van der Waals surface area (Å²) < 4.78 is 5.45. The number of nitrogens with one attached hydrogen (secondary N) is 1. The molecule has 1 aliphatic rings. The third-order valence-electron chi connectivity index (χ3n) is 2.85. The van der Waals surface area contributed by atoms with Crippen LogP contribution in [0.15, 0.2) is 24.3 Å². The van der Waals surface area contributed by atoms with Gasteiger partial charge in [0.25, 0.3) is 5.91 Å². The van der Waals surface area contributed by atoms with Crippen molar-refractivity contribution >= 4 is 29.9 Å². The quantitative estimate of drug-likeness (QED) is 0.928. The molecule has 106 valence electrons. The molecule has 0 unspecified atom stereocenters. The molecule has 0 spiro atoms. The molecule has 19 heavy (non-hydrogen) atoms. The SMILES string of the molecule is Cl.O=C(COc1cccc(Cl)c1)N1CCCNCC1. The second-order valence-corrected chi connectivity index (χ2v) is 4.67. The van der Waals surface area contributed by atoms with Gasteiger partial charge < -0.3 is 15.0 Å². The van der Waals surface area contributed by atoms with Crippen LogP contribution in [0.5, 0.6) is 5.75 Å². The summed E-state index contributed by atoms with van der Waals surface area (Å²) in [7, 11) is 0. The Bertz CT molecular complexity index is 407. The maximum absolute atomic E-state index is 11.9. The Hall–Kier alpha value is -0.970. The average molecular weight is 305 g/mol. The number of halogens is 2. The first-order chi connectivity index (χ1) is 8.75. The van der Waals surface area contributed by atoms with Gasteiger partial charge >= 0.3 is 0 Å². The van der Waals surface area contributed by atoms with Crippen LogP contribution in [0.4, 0.5) is 0 Å². The summed E-state index contributed by atoms with van der Waals surface area (Å²) in [4.78, 5) is 13.8. The number of hydrogen-bond acceptors (Lipinski definition) is 3. The molecule has 0 bridgehead atoms. The number of benzene rings is 1. The van der Waals surface area contributed by atoms with Gasteiger partial charge in [0.1, 0.15) is 5.75 Å². The molecule has 1 fully saturated rings. The van der Waals surface area contributed by atoms with E-state index in [2.05, 4.69) is 5.32 Å². The number of ether oxygens (including phenoxy) is 1. The van der Waals surface area contributed by atoms with Crippen molar-refractivity contribution in [1.29, 1.82) is 0 Å². The minimum Gasteiger partial charge on any atom is -0.484 e. The van der Waals surface area contributed by atoms with Crippen molar-refractivity contribution in [3.8, 4) is 5.75 Å². The standard InChI is InChI=1S/C13H17ClN2O2.ClH/c14-11-3-1-4-12(9-11)18-10-13(17)16-7-2-5-15-6-8-16;/h1,3-4,9,15H,2,5-8,10H2;1H. The van der Waals surface area contributed by atoms with E-state index >= 15 is 0 Å². The fourth-order valence-electron chi connectivity index (χ4n) is 1.89. The van der Waals surface area contributed by atoms with Crippen LogP contribution >= 0.6 is 24.0 Å². The van der Waals surface area contributed by atoms with Crippen molar-refractivity contribution < 1.29 is 9.53 Å². The van der Waals surface area contributed by atoms with Gasteiger partial charge in [0, 0.05) is 24.7 Å². The summed E-state index contributed by atoms with van der Waals surface area (Å²) in [5.74, 6) is 0.655. The number of carbonyl (C=O) groups excluding carboxylic acids is 1. The van der Waals surface area contributed by atoms with Crippen molar-refractivity contribution in [2.75, 3.05) is 32.8 Å². The first-order valence-corrected chi connectivity index (χ1v) is 6.50. The molecular formula is C13H18Cl2N2O2. The van der Waals surface area contributed by atoms with E-state index in [4.69, 9.17) is 16.3 Å². The third-order valence-corrected chi connectivity index (χ3v) is 3.09. The molecule has 0 atom stereocenters. The molecule has 1 amide bonds. The summed E-state index contributed by atoms with van der Waals surface area (Å²) in [6.45, 7) is 3.44. The van der Waals surface area contributed by atoms with E-state index in [1.165, 1.54) is 0 Å². The molecule has 1 aromatic rings. The molecule has 4 nitrogen and oxygen atoms in total. The normalized spacial score (nSPS) is 15.3. The summed E-state index contributed by atoms with van der Waals surface area (Å²) in [5, 5.41) is 3.87. The Kier molecular flexibility index (Phi) is 6.99. The summed E-state index contributed by atoms with van der Waals surface area (Å²) in [6.07, 6.45) is 0.989. The Morgan fingerprint density at radius 2 is 2.21 bits per heavy atom. The minimum atomic E-state index is 0. The van der Waals surface area contributed by atoms with Gasteiger partial charge in [-0.05, 0) is 31.2 Å². The minimum absolute atomic E-state index is 0. The predicted molar refractivity (Wildman–Crippen MR) is 78.3 cm³/mol. The first kappa shape index (κ1) is 16.1. The lowest BCUT2D eigenvalue weighted by atomic mass is 10.3. The molecule has 1 aromatic carbocycles. The average Bonchev–Trinajstić information content (AvgIpc) is 2.65. The zero-order valence-electron chi connectivity index (χ0n) is 10.6. The van der Waals surface area contributed by atoms with Gasteiger partial charge in [0.05, 0.1) is 0 Å². The summed E-state index contributed by atoms with van der Waals surface area (Å²) in [6, 6.07) is 7.08. The van der Waals surface area contributed by atoms with E-state index < -0.39 is 0 Å². The number of nitrogens with zero attached hydrogens (tertiary/aromatic N) is 1. The van der Waals surface area contributed by atoms with Gasteiger partial charge in [-0.3, -0.25) is 4.79 Å². The first-order valence-electron chi connectivity index (χ1n) is 6.12. The number of amides is 1. The lowest BCUT2D eigenvalue weighted by Crippen LogP contribution is -2.37. The highest BCUT2D eigenvalue weighted by atomic mass is 35.5. The topological polar surface area (TPSA) is 41.6 Å². The molecule has 2 rings (SSSR count). The zero-order valence-corrected chi connectivity index (χ0v) is 12.2. The van der Waals surface area contributed by atoms with Crippen LogP contribution in [0, 0.1) is 0 Å². The van der Waals surface area contributed by atoms with Crippen LogP contribution in [0.25, 0.3) is 0 Å². The van der Waals surface area contributed by atoms with Crippen LogP contribution in [0.2, 0.25) is 5.02 Å². The van der Waals surface area contributed by atoms with Crippen LogP contribution in [-0.4, -0.2) is 43.6 Å². The Labute approximate surface area is 124 Å². The van der Waals surface area contributed by atoms with E-state index in [0.29, 0.717) is 10.8 Å². The molecule has 0 saturated carbocycles. The summed E-state index contributed by atoms with van der Waals surface area (Å²) >= 11 is 5.85. The van der Waals surface area contributed by atoms with Gasteiger partial charge in [-0.15, -0.1) is 12.4 Å². The fourth-order valence-corrected chi connectivity index (χ4v) is 2.07. The molecule has 0 aromatic heterocycles. The molecule has 0 radical (unpaired) electrons. The van der Waals surface area contributed by atoms with Gasteiger partial charge in [0.15, 0.2) is 6.61 Å². The molecule has 6 heteroatoms. The van der Waals surface area contributed by atoms with Crippen LogP contribution in [-0.2, 0) is 4.79 Å². The molecular weight excluding hydrogens is 287 g/mol. The zero-order chi connectivity index (χ0) is 12.8. The predicted octanol–water partition coefficient (Wildman–Crippen LogP) is 1.96. The maximum atomic E-state index is 11.9. The fraction of sp³-hybridized carbons (Fsp3) is 0.462. The number of hydrogen-bond donors (Lipinski definition) is 1. The highest BCUT2D eigenvalue weighted by Gasteiger charge is 2.15. The Balaban J connectivity index is 0.00000180. The highest BCUT2D eigenvalue weighted by molar-refractivity contribution is 6.30. The third kappa shape index (κ3) is 5.27. The van der Waals surface area contributed by atoms with E-state index in [1.807, 2.05) is 4.90 Å². The number of carbonyl (C=O) groups is 1. The second-order valence-electron chi connectivity index (χ2n) is 4.23. The van der Waals surface area contributed by atoms with Crippen molar-refractivity contribution in [3.05, 3.63) is 29.3 Å². The van der Waals surface area contributed by atoms with Crippen molar-refractivity contribution in [2.24, 2.45) is 0 Å². The van der Waals surface area contributed by atoms with E-state index in [0.717, 1.165) is 32.6 Å². The Morgan fingerprint density at radius 3 is 3.00 bits per heavy atom. The molecule has 1 aliphatic heterocycles. The largest absolute Gasteiger partial charge is 0.484 e. The molecule has 1 saturated heterocycles. The van der Waals surface area contributed by atoms with Crippen LogP contribution in [0.3, 0.4) is 0 Å². The summed E-state index contributed by atoms with van der Waals surface area (Å²) in [5.41, 5.74) is 0. The lowest BCUT2D eigenvalue weighted by molar-refractivity contribution is -0.133. The second kappa shape index (κ2) is 8.25. The van der Waals surface area contributed by atoms with Gasteiger partial charge in [-0.1, -0.05) is 17.7 Å². The Morgan fingerprint density at radius 1 is 1.37 bits per heavy atom. The van der Waals surface area contributed by atoms with Gasteiger partial charge in [0.2, 0.25) is 0 Å². The van der Waals surface area contributed by atoms with Crippen molar-refractivity contribution in [1.82, 2.24) is 10.2 Å². The molecule has 0 aliphatic carbocycles. The van der Waals surface area contributed by atoms with Gasteiger partial charge in [-0.25, -0.2) is 0 Å². The van der Waals surface area contributed by atoms with E-state index in [9.17, 15) is 4.79 Å². The highest BCUT2D eigenvalue weighted by Crippen LogP contribution is 2.17. The smallest absolute Gasteiger partial charge is 0.260 e. The molecule has 1 N–H and O–H groups in total. The van der Waals surface area contributed by atoms with E-state index in [1.54, 1.807) is 24.3 Å². The molecule has 1 heterocycles. The number of rotatable bonds is 3. The maximum Gasteiger partial charge on any atom is 0.260 e. The van der Waals surface area contributed by atoms with Crippen LogP contribution in [0.1, 0.15) is 6.42 Å².